The van der Waals surface area contributed by atoms with Crippen LogP contribution in [-0.2, 0) is 0 Å². The molecule has 0 bridgehead atoms. The second-order valence-corrected chi connectivity index (χ2v) is 3.29. The second kappa shape index (κ2) is 4.95. The van der Waals surface area contributed by atoms with E-state index in [0.29, 0.717) is 0 Å². The molecule has 0 spiro atoms. The Balaban J connectivity index is 3.90. The van der Waals surface area contributed by atoms with E-state index in [9.17, 15) is 0 Å². The van der Waals surface area contributed by atoms with E-state index < -0.39 is 30.2 Å². The summed E-state index contributed by atoms with van der Waals surface area (Å²) in [6, 6.07) is 0. The van der Waals surface area contributed by atoms with Crippen molar-refractivity contribution in [2.45, 2.75) is 30.5 Å². The Kier molecular flexibility index (Phi) is 5.03. The summed E-state index contributed by atoms with van der Waals surface area (Å²) in [6.45, 7) is 1.01. The summed E-state index contributed by atoms with van der Waals surface area (Å²) in [5.74, 6) is 0. The molecule has 0 amide bonds. The predicted octanol–water partition coefficient (Wildman–Crippen LogP) is -1.62. The van der Waals surface area contributed by atoms with E-state index in [1.165, 1.54) is 0 Å². The van der Waals surface area contributed by atoms with Gasteiger partial charge in [-0.25, -0.2) is 0 Å². The summed E-state index contributed by atoms with van der Waals surface area (Å²) in [5, 5.41) is 34.9. The van der Waals surface area contributed by atoms with Gasteiger partial charge in [0.2, 0.25) is 0 Å². The highest BCUT2D eigenvalue weighted by Gasteiger charge is 2.26. The summed E-state index contributed by atoms with van der Waals surface area (Å²) in [7, 11) is 0. The molecule has 0 aromatic rings. The molecule has 68 valence electrons. The van der Waals surface area contributed by atoms with Gasteiger partial charge in [0.05, 0.1) is 12.7 Å². The van der Waals surface area contributed by atoms with Gasteiger partial charge in [-0.05, 0) is 0 Å². The molecule has 0 heterocycles. The molecular formula is C6H14O4S. The highest BCUT2D eigenvalue weighted by Crippen LogP contribution is 2.08. The molecule has 0 aliphatic carbocycles. The standard InChI is InChI=1S/C6H14O4S/c1-3(11)5(9)6(10)4(8)2-7/h3-11H,2H2,1H3. The summed E-state index contributed by atoms with van der Waals surface area (Å²) >= 11 is 3.86. The molecule has 4 unspecified atom stereocenters. The lowest BCUT2D eigenvalue weighted by atomic mass is 10.1. The van der Waals surface area contributed by atoms with Crippen LogP contribution in [0, 0.1) is 0 Å². The van der Waals surface area contributed by atoms with E-state index in [1.54, 1.807) is 6.92 Å². The maximum Gasteiger partial charge on any atom is 0.109 e. The van der Waals surface area contributed by atoms with E-state index in [-0.39, 0.29) is 0 Å². The first-order valence-electron chi connectivity index (χ1n) is 3.33. The topological polar surface area (TPSA) is 80.9 Å². The van der Waals surface area contributed by atoms with Gasteiger partial charge in [0.1, 0.15) is 12.2 Å². The van der Waals surface area contributed by atoms with Crippen molar-refractivity contribution < 1.29 is 20.4 Å². The first-order chi connectivity index (χ1) is 5.00. The van der Waals surface area contributed by atoms with Gasteiger partial charge in [0.15, 0.2) is 0 Å². The molecule has 0 radical (unpaired) electrons. The van der Waals surface area contributed by atoms with Gasteiger partial charge in [-0.2, -0.15) is 12.6 Å². The lowest BCUT2D eigenvalue weighted by molar-refractivity contribution is -0.0747. The Bertz CT molecular complexity index is 109. The van der Waals surface area contributed by atoms with Crippen LogP contribution in [-0.4, -0.2) is 50.6 Å². The number of rotatable bonds is 4. The third-order valence-electron chi connectivity index (χ3n) is 1.43. The average Bonchev–Trinajstić information content (AvgIpc) is 2.00. The van der Waals surface area contributed by atoms with Gasteiger partial charge in [0.25, 0.3) is 0 Å². The molecule has 0 saturated heterocycles. The number of aliphatic hydroxyl groups is 4. The molecule has 0 aromatic carbocycles. The van der Waals surface area contributed by atoms with Crippen molar-refractivity contribution in [1.82, 2.24) is 0 Å². The van der Waals surface area contributed by atoms with Crippen LogP contribution >= 0.6 is 12.6 Å². The number of hydrogen-bond acceptors (Lipinski definition) is 5. The van der Waals surface area contributed by atoms with E-state index in [2.05, 4.69) is 12.6 Å². The monoisotopic (exact) mass is 182 g/mol. The predicted molar refractivity (Wildman–Crippen MR) is 43.6 cm³/mol. The molecule has 0 aliphatic heterocycles. The van der Waals surface area contributed by atoms with E-state index >= 15 is 0 Å². The second-order valence-electron chi connectivity index (χ2n) is 2.47. The van der Waals surface area contributed by atoms with Gasteiger partial charge in [0, 0.05) is 5.25 Å². The molecule has 0 saturated carbocycles. The largest absolute Gasteiger partial charge is 0.394 e. The summed E-state index contributed by atoms with van der Waals surface area (Å²) < 4.78 is 0. The Morgan fingerprint density at radius 1 is 1.18 bits per heavy atom. The van der Waals surface area contributed by atoms with Gasteiger partial charge >= 0.3 is 0 Å². The van der Waals surface area contributed by atoms with Crippen LogP contribution < -0.4 is 0 Å². The fourth-order valence-corrected chi connectivity index (χ4v) is 0.797. The molecule has 0 rings (SSSR count). The number of hydrogen-bond donors (Lipinski definition) is 5. The summed E-state index contributed by atoms with van der Waals surface area (Å²) in [5.41, 5.74) is 0. The fourth-order valence-electron chi connectivity index (χ4n) is 0.621. The zero-order chi connectivity index (χ0) is 9.02. The van der Waals surface area contributed by atoms with Crippen molar-refractivity contribution in [3.05, 3.63) is 0 Å². The molecule has 0 fully saturated rings. The molecular weight excluding hydrogens is 168 g/mol. The molecule has 4 atom stereocenters. The Morgan fingerprint density at radius 3 is 1.91 bits per heavy atom. The van der Waals surface area contributed by atoms with Crippen molar-refractivity contribution in [2.24, 2.45) is 0 Å². The molecule has 0 aliphatic rings. The maximum absolute atomic E-state index is 9.10. The van der Waals surface area contributed by atoms with Crippen molar-refractivity contribution in [3.8, 4) is 0 Å². The van der Waals surface area contributed by atoms with Crippen LogP contribution in [0.5, 0.6) is 0 Å². The molecule has 4 nitrogen and oxygen atoms in total. The van der Waals surface area contributed by atoms with Crippen LogP contribution in [0.1, 0.15) is 6.92 Å². The molecule has 5 heteroatoms. The quantitative estimate of drug-likeness (QED) is 0.338. The van der Waals surface area contributed by atoms with Gasteiger partial charge in [-0.1, -0.05) is 6.92 Å². The SMILES string of the molecule is CC(S)C(O)C(O)C(O)CO. The molecule has 11 heavy (non-hydrogen) atoms. The van der Waals surface area contributed by atoms with Gasteiger partial charge in [-0.15, -0.1) is 0 Å². The zero-order valence-corrected chi connectivity index (χ0v) is 7.15. The third-order valence-corrected chi connectivity index (χ3v) is 1.73. The number of aliphatic hydroxyl groups excluding tert-OH is 4. The Morgan fingerprint density at radius 2 is 1.64 bits per heavy atom. The number of thiol groups is 1. The lowest BCUT2D eigenvalue weighted by Gasteiger charge is -2.23. The minimum absolute atomic E-state index is 0.439. The first kappa shape index (κ1) is 11.2. The Labute approximate surface area is 70.9 Å². The lowest BCUT2D eigenvalue weighted by Crippen LogP contribution is -2.43. The van der Waals surface area contributed by atoms with Crippen LogP contribution in [0.25, 0.3) is 0 Å². The molecule has 0 aromatic heterocycles. The Hall–Kier alpha value is 0.190. The third kappa shape index (κ3) is 3.39. The minimum Gasteiger partial charge on any atom is -0.394 e. The van der Waals surface area contributed by atoms with Crippen molar-refractivity contribution in [3.63, 3.8) is 0 Å². The zero-order valence-electron chi connectivity index (χ0n) is 6.25. The minimum atomic E-state index is -1.34. The van der Waals surface area contributed by atoms with E-state index in [4.69, 9.17) is 20.4 Å². The van der Waals surface area contributed by atoms with Crippen LogP contribution in [0.2, 0.25) is 0 Å². The van der Waals surface area contributed by atoms with E-state index in [1.807, 2.05) is 0 Å². The normalized spacial score (nSPS) is 22.4. The summed E-state index contributed by atoms with van der Waals surface area (Å²) in [4.78, 5) is 0. The van der Waals surface area contributed by atoms with Gasteiger partial charge < -0.3 is 20.4 Å². The fraction of sp³-hybridized carbons (Fsp3) is 1.00. The smallest absolute Gasteiger partial charge is 0.109 e. The highest BCUT2D eigenvalue weighted by molar-refractivity contribution is 7.81. The van der Waals surface area contributed by atoms with Crippen LogP contribution in [0.4, 0.5) is 0 Å². The first-order valence-corrected chi connectivity index (χ1v) is 3.85. The van der Waals surface area contributed by atoms with Crippen LogP contribution in [0.3, 0.4) is 0 Å². The highest BCUT2D eigenvalue weighted by atomic mass is 32.1. The van der Waals surface area contributed by atoms with Crippen molar-refractivity contribution in [1.29, 1.82) is 0 Å². The average molecular weight is 182 g/mol. The van der Waals surface area contributed by atoms with Gasteiger partial charge in [-0.3, -0.25) is 0 Å². The van der Waals surface area contributed by atoms with Crippen molar-refractivity contribution >= 4 is 12.6 Å². The van der Waals surface area contributed by atoms with Crippen LogP contribution in [0.15, 0.2) is 0 Å². The van der Waals surface area contributed by atoms with Crippen molar-refractivity contribution in [2.75, 3.05) is 6.61 Å². The molecule has 4 N–H and O–H groups in total. The van der Waals surface area contributed by atoms with E-state index in [0.717, 1.165) is 0 Å². The summed E-state index contributed by atoms with van der Waals surface area (Å²) in [6.07, 6.45) is -3.77. The maximum atomic E-state index is 9.10.